The molecule has 710 valence electrons. The van der Waals surface area contributed by atoms with E-state index in [0.29, 0.717) is 23.7 Å². The monoisotopic (exact) mass is 2380 g/mol. The predicted octanol–water partition coefficient (Wildman–Crippen LogP) is 30.5. The van der Waals surface area contributed by atoms with E-state index < -0.39 is 0 Å². The molecule has 21 aromatic rings. The Balaban J connectivity index is 0.000000134. The molecule has 3 aliphatic heterocycles. The van der Waals surface area contributed by atoms with Gasteiger partial charge in [-0.3, -0.25) is 15.0 Å². The average Bonchev–Trinajstić information content (AvgIpc) is 1.66. The van der Waals surface area contributed by atoms with Gasteiger partial charge in [-0.05, 0) is 205 Å². The van der Waals surface area contributed by atoms with Gasteiger partial charge in [-0.2, -0.15) is 38.2 Å². The summed E-state index contributed by atoms with van der Waals surface area (Å²) in [5.41, 5.74) is 30.3. The van der Waals surface area contributed by atoms with Crippen molar-refractivity contribution < 1.29 is 63.2 Å². The van der Waals surface area contributed by atoms with Crippen LogP contribution in [0.25, 0.3) is 104 Å². The molecule has 6 aromatic heterocycles. The Morgan fingerprint density at radius 1 is 0.312 bits per heavy atom. The van der Waals surface area contributed by atoms with Crippen LogP contribution in [0.15, 0.2) is 365 Å². The van der Waals surface area contributed by atoms with Crippen molar-refractivity contribution in [3.8, 4) is 22.5 Å². The van der Waals surface area contributed by atoms with Gasteiger partial charge >= 0.3 is 0 Å². The zero-order valence-electron chi connectivity index (χ0n) is 80.3. The molecule has 18 heteroatoms. The van der Waals surface area contributed by atoms with Crippen LogP contribution in [0.5, 0.6) is 0 Å². The quantitative estimate of drug-likeness (QED) is 0.0538. The average molecular weight is 2380 g/mol. The molecular weight excluding hydrogens is 2270 g/mol. The molecule has 0 saturated heterocycles. The predicted molar refractivity (Wildman–Crippen MR) is 572 cm³/mol. The Kier molecular flexibility index (Phi) is 27.7. The summed E-state index contributed by atoms with van der Waals surface area (Å²) in [7, 11) is 6.13. The van der Waals surface area contributed by atoms with E-state index in [0.717, 1.165) is 164 Å². The van der Waals surface area contributed by atoms with Gasteiger partial charge in [0.2, 0.25) is 0 Å². The fourth-order valence-electron chi connectivity index (χ4n) is 20.1. The molecule has 0 unspecified atom stereocenters. The molecule has 0 fully saturated rings. The van der Waals surface area contributed by atoms with Crippen molar-refractivity contribution in [3.05, 3.63) is 444 Å². The molecule has 15 aromatic carbocycles. The maximum absolute atomic E-state index is 5.22. The van der Waals surface area contributed by atoms with E-state index in [1.54, 1.807) is 0 Å². The Labute approximate surface area is 869 Å². The third-order valence-corrected chi connectivity index (χ3v) is 26.3. The number of fused-ring (bicyclic) bond motifs is 19. The van der Waals surface area contributed by atoms with Gasteiger partial charge in [-0.25, -0.2) is 0 Å². The summed E-state index contributed by atoms with van der Waals surface area (Å²) in [5, 5.41) is 9.91. The Morgan fingerprint density at radius 3 is 1.11 bits per heavy atom. The van der Waals surface area contributed by atoms with E-state index in [2.05, 4.69) is 469 Å². The first-order valence-electron chi connectivity index (χ1n) is 47.6. The first kappa shape index (κ1) is 95.6. The van der Waals surface area contributed by atoms with Crippen molar-refractivity contribution in [1.82, 2.24) is 38.0 Å². The van der Waals surface area contributed by atoms with Gasteiger partial charge in [0.25, 0.3) is 0 Å². The topological polar surface area (TPSA) is 81.1 Å². The first-order chi connectivity index (χ1) is 67.5. The summed E-state index contributed by atoms with van der Waals surface area (Å²) in [4.78, 5) is 34.4. The number of pyridine rings is 3. The molecule has 3 aliphatic rings. The van der Waals surface area contributed by atoms with E-state index in [-0.39, 0.29) is 63.2 Å². The molecule has 0 atom stereocenters. The minimum absolute atomic E-state index is 0. The largest absolute Gasteiger partial charge is 0.510 e. The normalized spacial score (nSPS) is 12.8. The van der Waals surface area contributed by atoms with Crippen molar-refractivity contribution in [2.24, 2.45) is 11.8 Å². The number of nitrogens with zero attached hydrogens (tertiary/aromatic N) is 15. The Hall–Kier alpha value is -14.3. The summed E-state index contributed by atoms with van der Waals surface area (Å²) < 4.78 is 6.89. The fourth-order valence-corrected chi connectivity index (χ4v) is 20.1. The molecule has 24 rings (SSSR count). The maximum atomic E-state index is 5.22. The maximum Gasteiger partial charge on any atom is 0.0639 e. The molecule has 0 aliphatic carbocycles. The van der Waals surface area contributed by atoms with E-state index in [4.69, 9.17) is 15.0 Å². The molecule has 0 radical (unpaired) electrons. The molecule has 9 heterocycles. The molecule has 0 N–H and O–H groups in total. The van der Waals surface area contributed by atoms with Gasteiger partial charge in [0, 0.05) is 144 Å². The second-order valence-electron chi connectivity index (χ2n) is 37.3. The number of rotatable bonds is 20. The number of aromatic nitrogens is 6. The summed E-state index contributed by atoms with van der Waals surface area (Å²) >= 11 is 0. The summed E-state index contributed by atoms with van der Waals surface area (Å²) in [6, 6.07) is 134. The van der Waals surface area contributed by atoms with Crippen molar-refractivity contribution >= 4 is 162 Å². The Bertz CT molecular complexity index is 8180. The third kappa shape index (κ3) is 18.2. The number of anilines is 14. The van der Waals surface area contributed by atoms with E-state index in [1.165, 1.54) is 55.2 Å². The molecule has 0 amide bonds. The van der Waals surface area contributed by atoms with Crippen molar-refractivity contribution in [2.75, 3.05) is 55.4 Å². The van der Waals surface area contributed by atoms with Crippen LogP contribution in [0, 0.1) is 68.2 Å². The number of hydrogen-bond donors (Lipinski definition) is 0. The van der Waals surface area contributed by atoms with Crippen LogP contribution in [-0.2, 0) is 76.0 Å². The minimum Gasteiger partial charge on any atom is -0.510 e. The van der Waals surface area contributed by atoms with E-state index in [1.807, 2.05) is 86.6 Å². The first-order valence-corrected chi connectivity index (χ1v) is 47.6. The fraction of sp³-hybridized carbons (Fsp3) is 0.138. The van der Waals surface area contributed by atoms with Crippen LogP contribution in [0.1, 0.15) is 89.5 Å². The van der Waals surface area contributed by atoms with Crippen LogP contribution in [0.3, 0.4) is 0 Å². The second kappa shape index (κ2) is 40.9. The molecule has 0 spiro atoms. The summed E-state index contributed by atoms with van der Waals surface area (Å²) in [6.45, 7) is 24.5. The van der Waals surface area contributed by atoms with Crippen LogP contribution >= 0.6 is 0 Å². The molecule has 0 bridgehead atoms. The second-order valence-corrected chi connectivity index (χ2v) is 37.3. The third-order valence-electron chi connectivity index (χ3n) is 26.3. The number of benzene rings is 15. The number of hydrogen-bond acceptors (Lipinski definition) is 12. The van der Waals surface area contributed by atoms with Gasteiger partial charge in [0.15, 0.2) is 0 Å². The van der Waals surface area contributed by atoms with E-state index >= 15 is 0 Å². The number of imidazole rings is 3. The Morgan fingerprint density at radius 2 is 0.681 bits per heavy atom. The molecule has 141 heavy (non-hydrogen) atoms. The van der Waals surface area contributed by atoms with Gasteiger partial charge < -0.3 is 57.3 Å². The standard InChI is InChI=1S/C45H42N5.C43H38N5.C35H24N5.3Pt/c1-31(2)25-33-13-11-14-34(26-32(3)4)44(33)43-29-46-45-41-28-38(21-22-39(41)40-19-9-10-20-42(40)50(43)45)49(35-15-7-6-8-16-35)37-18-12-17-36(27-37)48-24-23-47(5)30-48;1-29(2)35-18-12-19-36(30(3)4)42(35)41-27-44-43-39-26-34(21-22-37(39)38-17-9-10-20-40(38)48(41)43)47(31-13-7-6-8-14-31)33-16-11-15-32(25-33)46-24-23-45(5)28-46;1-37-24-39(34-17-8-7-16-33(34)37)26-12-9-13-27(22-26)40(25-10-3-2-4-11-25)28-18-19-29-30-14-5-6-15-32(30)38-21-20-36-35(38)31(29)23-28;;;/h6-24,29-32H,25-26H2,1-5H3;6-24,27-30H,1-5H3;2-21,24H,1H3;;;/q3*-3;;;. The zero-order chi connectivity index (χ0) is 93.9. The van der Waals surface area contributed by atoms with Crippen molar-refractivity contribution in [1.29, 1.82) is 0 Å². The van der Waals surface area contributed by atoms with Crippen LogP contribution in [0.4, 0.5) is 79.6 Å². The van der Waals surface area contributed by atoms with Gasteiger partial charge in [-0.1, -0.05) is 262 Å². The summed E-state index contributed by atoms with van der Waals surface area (Å²) in [6.07, 6.45) is 18.2. The molecule has 15 nitrogen and oxygen atoms in total. The minimum atomic E-state index is 0. The van der Waals surface area contributed by atoms with Crippen molar-refractivity contribution in [2.45, 2.75) is 80.1 Å². The van der Waals surface area contributed by atoms with E-state index in [9.17, 15) is 0 Å². The van der Waals surface area contributed by atoms with Crippen LogP contribution in [-0.4, -0.2) is 59.1 Å². The number of para-hydroxylation sites is 8. The van der Waals surface area contributed by atoms with Gasteiger partial charge in [0.1, 0.15) is 0 Å². The van der Waals surface area contributed by atoms with Crippen molar-refractivity contribution in [3.63, 3.8) is 0 Å². The van der Waals surface area contributed by atoms with Crippen LogP contribution in [0.2, 0.25) is 0 Å². The SMILES string of the molecule is CC(C)Cc1cccc(CC(C)C)c1-c1cnc2c3[c-]c(N(c4[c-]c(N5C=CN(C)[CH-]5)ccc4)c4ccccc4)ccc3c3ccccc3n12.CC(C)c1cccc(C(C)C)c1-c1cnc2c3[c-]c(N(c4[c-]c(N5C=CN(C)[CH-]5)ccc4)c4ccccc4)ccc3c3ccccc3n12.CN1[CH-]N(c2[c-]c(N(c3[c-]c4c(cc3)c3ccccc3n3ccnc43)c3ccccc3)ccc2)c2ccccc21.[Pt].[Pt].[Pt]. The van der Waals surface area contributed by atoms with Crippen LogP contribution < -0.4 is 34.3 Å². The summed E-state index contributed by atoms with van der Waals surface area (Å²) in [5.74, 6) is 1.81. The van der Waals surface area contributed by atoms with Gasteiger partial charge in [0.05, 0.1) is 28.3 Å². The zero-order valence-corrected chi connectivity index (χ0v) is 87.1. The molecule has 0 saturated carbocycles. The van der Waals surface area contributed by atoms with Gasteiger partial charge in [-0.15, -0.1) is 126 Å². The molecular formula is C123H104N15Pt3-9. The smallest absolute Gasteiger partial charge is 0.0639 e.